The van der Waals surface area contributed by atoms with E-state index in [1.54, 1.807) is 6.92 Å². The van der Waals surface area contributed by atoms with E-state index in [4.69, 9.17) is 21.1 Å². The molecule has 162 valence electrons. The summed E-state index contributed by atoms with van der Waals surface area (Å²) in [5.74, 6) is -0.799. The molecule has 2 aromatic rings. The molecule has 1 N–H and O–H groups in total. The second kappa shape index (κ2) is 7.97. The summed E-state index contributed by atoms with van der Waals surface area (Å²) in [5.41, 5.74) is 0.666. The van der Waals surface area contributed by atoms with Crippen molar-refractivity contribution < 1.29 is 31.1 Å². The van der Waals surface area contributed by atoms with Gasteiger partial charge >= 0.3 is 0 Å². The number of ether oxygens (including phenoxy) is 2. The molecule has 0 spiro atoms. The first-order chi connectivity index (χ1) is 14.0. The number of carbonyl (C=O) groups is 1. The van der Waals surface area contributed by atoms with Crippen LogP contribution in [0.25, 0.3) is 0 Å². The van der Waals surface area contributed by atoms with E-state index in [-0.39, 0.29) is 39.9 Å². The number of carbonyl (C=O) groups excluding carboxylic acids is 1. The fourth-order valence-electron chi connectivity index (χ4n) is 2.98. The molecule has 1 fully saturated rings. The second-order valence-corrected chi connectivity index (χ2v) is 10.5. The first-order valence-electron chi connectivity index (χ1n) is 8.61. The summed E-state index contributed by atoms with van der Waals surface area (Å²) in [5, 5.41) is 0.395. The van der Waals surface area contributed by atoms with Gasteiger partial charge in [0.25, 0.3) is 10.0 Å². The fraction of sp³-hybridized carbons (Fsp3) is 0.278. The predicted octanol–water partition coefficient (Wildman–Crippen LogP) is 2.53. The number of anilines is 2. The zero-order valence-corrected chi connectivity index (χ0v) is 18.7. The van der Waals surface area contributed by atoms with Gasteiger partial charge in [0.1, 0.15) is 16.4 Å². The third-order valence-electron chi connectivity index (χ3n) is 4.47. The summed E-state index contributed by atoms with van der Waals surface area (Å²) in [4.78, 5) is 11.7. The van der Waals surface area contributed by atoms with Crippen molar-refractivity contribution in [2.24, 2.45) is 0 Å². The highest BCUT2D eigenvalue weighted by atomic mass is 35.5. The third kappa shape index (κ3) is 4.05. The Kier molecular flexibility index (Phi) is 5.89. The number of amides is 1. The number of aryl methyl sites for hydroxylation is 1. The van der Waals surface area contributed by atoms with Crippen LogP contribution in [0.3, 0.4) is 0 Å². The summed E-state index contributed by atoms with van der Waals surface area (Å²) in [7, 11) is -5.47. The average molecular weight is 475 g/mol. The van der Waals surface area contributed by atoms with Gasteiger partial charge in [0.2, 0.25) is 15.9 Å². The summed E-state index contributed by atoms with van der Waals surface area (Å²) < 4.78 is 64.0. The van der Waals surface area contributed by atoms with Crippen molar-refractivity contribution in [1.82, 2.24) is 0 Å². The van der Waals surface area contributed by atoms with Crippen LogP contribution in [0.5, 0.6) is 11.5 Å². The van der Waals surface area contributed by atoms with Gasteiger partial charge in [0, 0.05) is 17.5 Å². The average Bonchev–Trinajstić information content (AvgIpc) is 2.96. The SMILES string of the molecule is COc1cc(Cl)c(C)cc1NS(=O)(=O)c1cc(N2C(=O)CCS2(=O)=O)ccc1OC. The number of methoxy groups -OCH3 is 2. The zero-order valence-electron chi connectivity index (χ0n) is 16.3. The molecule has 2 aromatic carbocycles. The Bertz CT molecular complexity index is 1230. The minimum atomic E-state index is -4.26. The number of hydrogen-bond donors (Lipinski definition) is 1. The Morgan fingerprint density at radius 2 is 1.77 bits per heavy atom. The number of nitrogens with one attached hydrogen (secondary N) is 1. The van der Waals surface area contributed by atoms with Gasteiger partial charge in [-0.3, -0.25) is 9.52 Å². The lowest BCUT2D eigenvalue weighted by molar-refractivity contribution is -0.116. The van der Waals surface area contributed by atoms with Gasteiger partial charge in [0.05, 0.1) is 31.3 Å². The maximum absolute atomic E-state index is 13.1. The largest absolute Gasteiger partial charge is 0.495 e. The van der Waals surface area contributed by atoms with Crippen molar-refractivity contribution in [2.75, 3.05) is 29.0 Å². The Morgan fingerprint density at radius 1 is 1.10 bits per heavy atom. The molecule has 3 rings (SSSR count). The molecule has 0 atom stereocenters. The molecule has 0 bridgehead atoms. The Hall–Kier alpha value is -2.50. The number of sulfonamides is 2. The monoisotopic (exact) mass is 474 g/mol. The van der Waals surface area contributed by atoms with Crippen LogP contribution in [0.1, 0.15) is 12.0 Å². The summed E-state index contributed by atoms with van der Waals surface area (Å²) in [6.45, 7) is 1.70. The first kappa shape index (κ1) is 22.2. The van der Waals surface area contributed by atoms with Crippen molar-refractivity contribution >= 4 is 48.9 Å². The Morgan fingerprint density at radius 3 is 2.33 bits per heavy atom. The molecule has 1 amide bonds. The van der Waals surface area contributed by atoms with Gasteiger partial charge < -0.3 is 9.47 Å². The molecule has 30 heavy (non-hydrogen) atoms. The van der Waals surface area contributed by atoms with E-state index in [0.717, 1.165) is 6.07 Å². The minimum Gasteiger partial charge on any atom is -0.495 e. The van der Waals surface area contributed by atoms with Crippen LogP contribution < -0.4 is 18.5 Å². The quantitative estimate of drug-likeness (QED) is 0.683. The van der Waals surface area contributed by atoms with Crippen LogP contribution in [-0.4, -0.2) is 42.7 Å². The van der Waals surface area contributed by atoms with Gasteiger partial charge in [-0.2, -0.15) is 0 Å². The van der Waals surface area contributed by atoms with Gasteiger partial charge in [0.15, 0.2) is 0 Å². The maximum atomic E-state index is 13.1. The molecule has 12 heteroatoms. The Balaban J connectivity index is 2.10. The molecular formula is C18H19ClN2O7S2. The maximum Gasteiger partial charge on any atom is 0.265 e. The molecule has 1 saturated heterocycles. The second-order valence-electron chi connectivity index (χ2n) is 6.47. The predicted molar refractivity (Wildman–Crippen MR) is 112 cm³/mol. The highest BCUT2D eigenvalue weighted by Gasteiger charge is 2.37. The smallest absolute Gasteiger partial charge is 0.265 e. The van der Waals surface area contributed by atoms with Crippen molar-refractivity contribution in [3.05, 3.63) is 40.9 Å². The molecule has 0 unspecified atom stereocenters. The topological polar surface area (TPSA) is 119 Å². The Labute approximate surface area is 179 Å². The summed E-state index contributed by atoms with van der Waals surface area (Å²) in [6.07, 6.45) is -0.171. The van der Waals surface area contributed by atoms with Crippen LogP contribution >= 0.6 is 11.6 Å². The van der Waals surface area contributed by atoms with Crippen LogP contribution in [0, 0.1) is 6.92 Å². The van der Waals surface area contributed by atoms with E-state index >= 15 is 0 Å². The zero-order chi connectivity index (χ0) is 22.3. The van der Waals surface area contributed by atoms with Crippen LogP contribution in [0.2, 0.25) is 5.02 Å². The molecule has 1 aliphatic rings. The molecule has 9 nitrogen and oxygen atoms in total. The number of benzene rings is 2. The van der Waals surface area contributed by atoms with E-state index in [2.05, 4.69) is 4.72 Å². The highest BCUT2D eigenvalue weighted by Crippen LogP contribution is 2.36. The molecule has 0 radical (unpaired) electrons. The lowest BCUT2D eigenvalue weighted by Crippen LogP contribution is -2.29. The molecule has 1 aliphatic heterocycles. The van der Waals surface area contributed by atoms with Crippen LogP contribution in [0.15, 0.2) is 35.2 Å². The molecule has 1 heterocycles. The van der Waals surface area contributed by atoms with Crippen LogP contribution in [0.4, 0.5) is 11.4 Å². The third-order valence-corrected chi connectivity index (χ3v) is 7.96. The highest BCUT2D eigenvalue weighted by molar-refractivity contribution is 7.94. The van der Waals surface area contributed by atoms with E-state index in [1.165, 1.54) is 38.5 Å². The van der Waals surface area contributed by atoms with Gasteiger partial charge in [-0.25, -0.2) is 21.1 Å². The number of halogens is 1. The lowest BCUT2D eigenvalue weighted by Gasteiger charge is -2.19. The number of nitrogens with zero attached hydrogens (tertiary/aromatic N) is 1. The van der Waals surface area contributed by atoms with E-state index in [0.29, 0.717) is 14.9 Å². The number of hydrogen-bond acceptors (Lipinski definition) is 7. The van der Waals surface area contributed by atoms with Crippen LogP contribution in [-0.2, 0) is 24.8 Å². The van der Waals surface area contributed by atoms with Gasteiger partial charge in [-0.15, -0.1) is 0 Å². The van der Waals surface area contributed by atoms with Crippen molar-refractivity contribution in [3.8, 4) is 11.5 Å². The lowest BCUT2D eigenvalue weighted by atomic mass is 10.2. The van der Waals surface area contributed by atoms with Crippen molar-refractivity contribution in [3.63, 3.8) is 0 Å². The summed E-state index contributed by atoms with van der Waals surface area (Å²) >= 11 is 6.06. The molecule has 0 saturated carbocycles. The van der Waals surface area contributed by atoms with E-state index in [1.807, 2.05) is 0 Å². The molecule has 0 aromatic heterocycles. The van der Waals surface area contributed by atoms with Crippen molar-refractivity contribution in [2.45, 2.75) is 18.2 Å². The van der Waals surface area contributed by atoms with Gasteiger partial charge in [-0.05, 0) is 36.8 Å². The summed E-state index contributed by atoms with van der Waals surface area (Å²) in [6, 6.07) is 6.65. The molecule has 0 aliphatic carbocycles. The standard InChI is InChI=1S/C18H19ClN2O7S2/c1-11-8-14(16(28-3)10-13(11)19)20-30(25,26)17-9-12(4-5-15(17)27-2)21-18(22)6-7-29(21,23)24/h4-5,8-10,20H,6-7H2,1-3H3. The number of rotatable bonds is 6. The van der Waals surface area contributed by atoms with Gasteiger partial charge in [-0.1, -0.05) is 11.6 Å². The van der Waals surface area contributed by atoms with Crippen molar-refractivity contribution in [1.29, 1.82) is 0 Å². The molecular weight excluding hydrogens is 456 g/mol. The van der Waals surface area contributed by atoms with E-state index in [9.17, 15) is 21.6 Å². The minimum absolute atomic E-state index is 0.0278. The van der Waals surface area contributed by atoms with E-state index < -0.39 is 26.0 Å². The first-order valence-corrected chi connectivity index (χ1v) is 12.1. The normalized spacial score (nSPS) is 15.9. The fourth-order valence-corrected chi connectivity index (χ4v) is 5.84.